The highest BCUT2D eigenvalue weighted by molar-refractivity contribution is 14.1. The molecule has 0 radical (unpaired) electrons. The first-order valence-corrected chi connectivity index (χ1v) is 8.33. The van der Waals surface area contributed by atoms with Gasteiger partial charge in [0.15, 0.2) is 0 Å². The lowest BCUT2D eigenvalue weighted by molar-refractivity contribution is 0.0166. The first-order chi connectivity index (χ1) is 8.41. The number of unbranched alkanes of at least 4 members (excludes halogenated alkanes) is 3. The second kappa shape index (κ2) is 16.9. The van der Waals surface area contributed by atoms with Crippen molar-refractivity contribution < 1.29 is 14.2 Å². The third-order valence-corrected chi connectivity index (χ3v) is 3.05. The van der Waals surface area contributed by atoms with Crippen LogP contribution in [0, 0.1) is 0 Å². The molecule has 0 atom stereocenters. The zero-order valence-electron chi connectivity index (χ0n) is 10.5. The van der Waals surface area contributed by atoms with E-state index in [1.54, 1.807) is 0 Å². The number of halogens is 2. The molecule has 0 aliphatic heterocycles. The lowest BCUT2D eigenvalue weighted by Crippen LogP contribution is -2.10. The van der Waals surface area contributed by atoms with E-state index < -0.39 is 0 Å². The molecule has 0 rings (SSSR count). The van der Waals surface area contributed by atoms with E-state index >= 15 is 0 Å². The van der Waals surface area contributed by atoms with Crippen LogP contribution in [0.15, 0.2) is 0 Å². The molecule has 0 aliphatic rings. The molecule has 0 fully saturated rings. The summed E-state index contributed by atoms with van der Waals surface area (Å²) in [5, 5.41) is 0. The van der Waals surface area contributed by atoms with Gasteiger partial charge in [-0.05, 0) is 17.3 Å². The molecule has 0 aromatic carbocycles. The minimum atomic E-state index is 0.542. The Balaban J connectivity index is 2.85. The van der Waals surface area contributed by atoms with Crippen LogP contribution in [0.5, 0.6) is 0 Å². The fourth-order valence-electron chi connectivity index (χ4n) is 1.25. The van der Waals surface area contributed by atoms with Gasteiger partial charge in [-0.3, -0.25) is 0 Å². The Hall–Kier alpha value is 0.900. The Morgan fingerprint density at radius 3 is 1.76 bits per heavy atom. The zero-order valence-corrected chi connectivity index (χ0v) is 13.4. The Kier molecular flexibility index (Phi) is 17.8. The molecular weight excluding hydrogens is 354 g/mol. The van der Waals surface area contributed by atoms with Crippen molar-refractivity contribution in [2.45, 2.75) is 25.7 Å². The predicted molar refractivity (Wildman–Crippen MR) is 80.5 cm³/mol. The van der Waals surface area contributed by atoms with Gasteiger partial charge in [-0.15, -0.1) is 11.6 Å². The number of ether oxygens (including phenoxy) is 3. The zero-order chi connectivity index (χ0) is 12.6. The van der Waals surface area contributed by atoms with Gasteiger partial charge in [0.1, 0.15) is 0 Å². The molecule has 0 aromatic heterocycles. The molecule has 0 amide bonds. The van der Waals surface area contributed by atoms with E-state index in [2.05, 4.69) is 22.6 Å². The second-order valence-corrected chi connectivity index (χ2v) is 5.09. The predicted octanol–water partition coefficient (Wildman–Crippen LogP) is 3.27. The van der Waals surface area contributed by atoms with Crippen molar-refractivity contribution in [1.29, 1.82) is 0 Å². The molecule has 104 valence electrons. The summed E-state index contributed by atoms with van der Waals surface area (Å²) in [4.78, 5) is 0. The quantitative estimate of drug-likeness (QED) is 0.264. The van der Waals surface area contributed by atoms with Gasteiger partial charge in [0.05, 0.1) is 33.0 Å². The van der Waals surface area contributed by atoms with E-state index in [0.717, 1.165) is 13.0 Å². The van der Waals surface area contributed by atoms with E-state index in [9.17, 15) is 0 Å². The summed E-state index contributed by atoms with van der Waals surface area (Å²) in [6.07, 6.45) is 5.08. The largest absolute Gasteiger partial charge is 0.379 e. The summed E-state index contributed by atoms with van der Waals surface area (Å²) in [6, 6.07) is 0. The van der Waals surface area contributed by atoms with Crippen molar-refractivity contribution in [1.82, 2.24) is 0 Å². The standard InChI is InChI=1S/C12H24ClIO3/c13-5-8-16-10-12-17-11-9-15-7-4-2-1-3-6-14/h1-12H2. The van der Waals surface area contributed by atoms with Gasteiger partial charge in [0, 0.05) is 12.5 Å². The van der Waals surface area contributed by atoms with E-state index in [0.29, 0.717) is 38.9 Å². The minimum absolute atomic E-state index is 0.542. The van der Waals surface area contributed by atoms with Crippen LogP contribution in [0.4, 0.5) is 0 Å². The Morgan fingerprint density at radius 1 is 0.647 bits per heavy atom. The Labute approximate surface area is 124 Å². The number of hydrogen-bond donors (Lipinski definition) is 0. The van der Waals surface area contributed by atoms with E-state index in [1.807, 2.05) is 0 Å². The number of alkyl halides is 2. The van der Waals surface area contributed by atoms with Crippen LogP contribution in [0.3, 0.4) is 0 Å². The fraction of sp³-hybridized carbons (Fsp3) is 1.00. The van der Waals surface area contributed by atoms with Crippen molar-refractivity contribution >= 4 is 34.2 Å². The normalized spacial score (nSPS) is 10.9. The highest BCUT2D eigenvalue weighted by atomic mass is 127. The van der Waals surface area contributed by atoms with Crippen molar-refractivity contribution in [3.05, 3.63) is 0 Å². The maximum atomic E-state index is 5.46. The minimum Gasteiger partial charge on any atom is -0.379 e. The summed E-state index contributed by atoms with van der Waals surface area (Å²) in [5.41, 5.74) is 0. The van der Waals surface area contributed by atoms with Crippen LogP contribution in [0.25, 0.3) is 0 Å². The van der Waals surface area contributed by atoms with Crippen LogP contribution in [0.2, 0.25) is 0 Å². The first kappa shape index (κ1) is 17.9. The van der Waals surface area contributed by atoms with Gasteiger partial charge in [0.25, 0.3) is 0 Å². The number of rotatable bonds is 14. The summed E-state index contributed by atoms with van der Waals surface area (Å²) in [6.45, 7) is 4.02. The smallest absolute Gasteiger partial charge is 0.0701 e. The van der Waals surface area contributed by atoms with Gasteiger partial charge in [0.2, 0.25) is 0 Å². The van der Waals surface area contributed by atoms with Crippen molar-refractivity contribution in [2.24, 2.45) is 0 Å². The number of hydrogen-bond acceptors (Lipinski definition) is 3. The van der Waals surface area contributed by atoms with Crippen LogP contribution in [-0.4, -0.2) is 49.9 Å². The van der Waals surface area contributed by atoms with Crippen molar-refractivity contribution in [2.75, 3.05) is 49.9 Å². The second-order valence-electron chi connectivity index (χ2n) is 3.63. The molecule has 0 saturated carbocycles. The summed E-state index contributed by atoms with van der Waals surface area (Å²) < 4.78 is 17.2. The lowest BCUT2D eigenvalue weighted by Gasteiger charge is -2.06. The summed E-state index contributed by atoms with van der Waals surface area (Å²) in [5.74, 6) is 0.542. The first-order valence-electron chi connectivity index (χ1n) is 6.27. The van der Waals surface area contributed by atoms with Crippen molar-refractivity contribution in [3.8, 4) is 0 Å². The van der Waals surface area contributed by atoms with E-state index in [-0.39, 0.29) is 0 Å². The van der Waals surface area contributed by atoms with E-state index in [1.165, 1.54) is 23.7 Å². The molecule has 0 saturated heterocycles. The van der Waals surface area contributed by atoms with Gasteiger partial charge >= 0.3 is 0 Å². The molecule has 0 bridgehead atoms. The molecule has 3 nitrogen and oxygen atoms in total. The fourth-order valence-corrected chi connectivity index (χ4v) is 1.90. The SMILES string of the molecule is ClCCOCCOCCOCCCCCCI. The Morgan fingerprint density at radius 2 is 1.18 bits per heavy atom. The van der Waals surface area contributed by atoms with Gasteiger partial charge < -0.3 is 14.2 Å². The topological polar surface area (TPSA) is 27.7 Å². The monoisotopic (exact) mass is 378 g/mol. The average molecular weight is 379 g/mol. The summed E-state index contributed by atoms with van der Waals surface area (Å²) >= 11 is 7.88. The average Bonchev–Trinajstić information content (AvgIpc) is 2.35. The molecule has 0 spiro atoms. The molecule has 0 aliphatic carbocycles. The molecule has 0 aromatic rings. The maximum Gasteiger partial charge on any atom is 0.0701 e. The highest BCUT2D eigenvalue weighted by Crippen LogP contribution is 2.02. The highest BCUT2D eigenvalue weighted by Gasteiger charge is 1.92. The molecule has 5 heteroatoms. The van der Waals surface area contributed by atoms with Gasteiger partial charge in [-0.25, -0.2) is 0 Å². The lowest BCUT2D eigenvalue weighted by atomic mass is 10.2. The third kappa shape index (κ3) is 16.9. The molecule has 0 heterocycles. The van der Waals surface area contributed by atoms with Gasteiger partial charge in [-0.2, -0.15) is 0 Å². The van der Waals surface area contributed by atoms with E-state index in [4.69, 9.17) is 25.8 Å². The molecule has 0 N–H and O–H groups in total. The Bertz CT molecular complexity index is 125. The maximum absolute atomic E-state index is 5.46. The molecule has 17 heavy (non-hydrogen) atoms. The van der Waals surface area contributed by atoms with Crippen LogP contribution < -0.4 is 0 Å². The third-order valence-electron chi connectivity index (χ3n) is 2.14. The van der Waals surface area contributed by atoms with Crippen molar-refractivity contribution in [3.63, 3.8) is 0 Å². The van der Waals surface area contributed by atoms with Crippen LogP contribution in [0.1, 0.15) is 25.7 Å². The van der Waals surface area contributed by atoms with Gasteiger partial charge in [-0.1, -0.05) is 35.4 Å². The summed E-state index contributed by atoms with van der Waals surface area (Å²) in [7, 11) is 0. The molecule has 0 unspecified atom stereocenters. The van der Waals surface area contributed by atoms with Crippen LogP contribution >= 0.6 is 34.2 Å². The van der Waals surface area contributed by atoms with Crippen LogP contribution in [-0.2, 0) is 14.2 Å². The molecular formula is C12H24ClIO3.